The average molecular weight is 265 g/mol. The highest BCUT2D eigenvalue weighted by Crippen LogP contribution is 2.41. The number of halogens is 2. The van der Waals surface area contributed by atoms with E-state index in [9.17, 15) is 0 Å². The Kier molecular flexibility index (Phi) is 3.61. The van der Waals surface area contributed by atoms with Gasteiger partial charge in [-0.3, -0.25) is 0 Å². The second kappa shape index (κ2) is 4.62. The Bertz CT molecular complexity index is 331. The van der Waals surface area contributed by atoms with Crippen LogP contribution in [0.15, 0.2) is 6.07 Å². The number of aryl methyl sites for hydroxylation is 1. The molecule has 3 unspecified atom stereocenters. The van der Waals surface area contributed by atoms with Crippen LogP contribution in [0.5, 0.6) is 0 Å². The summed E-state index contributed by atoms with van der Waals surface area (Å²) in [5.74, 6) is 0.427. The van der Waals surface area contributed by atoms with Gasteiger partial charge >= 0.3 is 0 Å². The topological polar surface area (TPSA) is 9.23 Å². The predicted molar refractivity (Wildman–Crippen MR) is 66.2 cm³/mol. The van der Waals surface area contributed by atoms with Crippen LogP contribution in [0.1, 0.15) is 29.2 Å². The van der Waals surface area contributed by atoms with Crippen molar-refractivity contribution in [2.75, 3.05) is 6.61 Å². The minimum absolute atomic E-state index is 0.0474. The zero-order valence-electron chi connectivity index (χ0n) is 8.80. The summed E-state index contributed by atoms with van der Waals surface area (Å²) in [4.78, 5) is 1.17. The fraction of sp³-hybridized carbons (Fsp3) is 0.636. The van der Waals surface area contributed by atoms with Gasteiger partial charge in [-0.1, -0.05) is 11.6 Å². The molecule has 0 bridgehead atoms. The highest BCUT2D eigenvalue weighted by atomic mass is 35.5. The number of hydrogen-bond acceptors (Lipinski definition) is 2. The largest absolute Gasteiger partial charge is 0.378 e. The number of hydrogen-bond donors (Lipinski definition) is 0. The Balaban J connectivity index is 2.10. The maximum absolute atomic E-state index is 6.43. The first-order valence-electron chi connectivity index (χ1n) is 5.09. The summed E-state index contributed by atoms with van der Waals surface area (Å²) in [6.07, 6.45) is 1.38. The second-order valence-corrected chi connectivity index (χ2v) is 6.30. The zero-order valence-corrected chi connectivity index (χ0v) is 11.1. The Morgan fingerprint density at radius 3 is 2.80 bits per heavy atom. The van der Waals surface area contributed by atoms with Crippen molar-refractivity contribution in [3.63, 3.8) is 0 Å². The monoisotopic (exact) mass is 264 g/mol. The summed E-state index contributed by atoms with van der Waals surface area (Å²) >= 11 is 14.1. The van der Waals surface area contributed by atoms with Gasteiger partial charge in [0.25, 0.3) is 0 Å². The molecule has 1 aromatic rings. The molecule has 3 atom stereocenters. The van der Waals surface area contributed by atoms with Crippen molar-refractivity contribution >= 4 is 34.5 Å². The van der Waals surface area contributed by atoms with E-state index in [0.29, 0.717) is 12.0 Å². The predicted octanol–water partition coefficient (Wildman–Crippen LogP) is 4.41. The van der Waals surface area contributed by atoms with E-state index < -0.39 is 0 Å². The van der Waals surface area contributed by atoms with E-state index in [1.807, 2.05) is 6.92 Å². The number of alkyl halides is 1. The molecule has 0 radical (unpaired) electrons. The lowest BCUT2D eigenvalue weighted by Gasteiger charge is -2.13. The molecule has 1 saturated heterocycles. The van der Waals surface area contributed by atoms with Crippen LogP contribution in [0.25, 0.3) is 0 Å². The van der Waals surface area contributed by atoms with Crippen LogP contribution in [-0.2, 0) is 4.74 Å². The van der Waals surface area contributed by atoms with Gasteiger partial charge in [0, 0.05) is 10.8 Å². The van der Waals surface area contributed by atoms with Crippen molar-refractivity contribution < 1.29 is 4.74 Å². The van der Waals surface area contributed by atoms with Crippen LogP contribution in [0.4, 0.5) is 0 Å². The van der Waals surface area contributed by atoms with Gasteiger partial charge in [0.1, 0.15) is 0 Å². The number of thiophene rings is 1. The van der Waals surface area contributed by atoms with Gasteiger partial charge in [-0.25, -0.2) is 0 Å². The number of ether oxygens (including phenoxy) is 1. The summed E-state index contributed by atoms with van der Waals surface area (Å²) in [5, 5.41) is 0.0474. The molecule has 1 aliphatic rings. The minimum atomic E-state index is 0.0474. The van der Waals surface area contributed by atoms with Gasteiger partial charge in [-0.05, 0) is 31.9 Å². The lowest BCUT2D eigenvalue weighted by Crippen LogP contribution is -2.06. The first-order chi connectivity index (χ1) is 7.08. The molecule has 4 heteroatoms. The highest BCUT2D eigenvalue weighted by molar-refractivity contribution is 7.16. The molecule has 2 heterocycles. The van der Waals surface area contributed by atoms with E-state index >= 15 is 0 Å². The van der Waals surface area contributed by atoms with Gasteiger partial charge < -0.3 is 4.74 Å². The maximum Gasteiger partial charge on any atom is 0.0960 e. The molecule has 0 aliphatic carbocycles. The van der Waals surface area contributed by atoms with Crippen LogP contribution in [0.3, 0.4) is 0 Å². The quantitative estimate of drug-likeness (QED) is 0.719. The van der Waals surface area contributed by atoms with E-state index in [4.69, 9.17) is 27.9 Å². The van der Waals surface area contributed by atoms with Crippen LogP contribution in [-0.4, -0.2) is 12.7 Å². The van der Waals surface area contributed by atoms with E-state index in [2.05, 4.69) is 13.0 Å². The third-order valence-corrected chi connectivity index (χ3v) is 5.15. The fourth-order valence-electron chi connectivity index (χ4n) is 1.91. The molecule has 1 fully saturated rings. The molecule has 0 aromatic carbocycles. The summed E-state index contributed by atoms with van der Waals surface area (Å²) in [6, 6.07) is 2.09. The maximum atomic E-state index is 6.43. The van der Waals surface area contributed by atoms with Gasteiger partial charge in [0.15, 0.2) is 0 Å². The van der Waals surface area contributed by atoms with E-state index in [1.54, 1.807) is 11.3 Å². The lowest BCUT2D eigenvalue weighted by molar-refractivity contribution is 0.120. The molecule has 1 aromatic heterocycles. The third kappa shape index (κ3) is 2.50. The van der Waals surface area contributed by atoms with Crippen molar-refractivity contribution in [3.05, 3.63) is 20.8 Å². The zero-order chi connectivity index (χ0) is 11.0. The summed E-state index contributed by atoms with van der Waals surface area (Å²) < 4.78 is 6.38. The fourth-order valence-corrected chi connectivity index (χ4v) is 3.57. The van der Waals surface area contributed by atoms with Crippen molar-refractivity contribution in [3.8, 4) is 0 Å². The molecule has 2 rings (SSSR count). The molecule has 0 spiro atoms. The molecule has 0 N–H and O–H groups in total. The SMILES string of the molecule is Cc1cc(C(Cl)C2COC(C)C2)sc1Cl. The Labute approximate surface area is 104 Å². The van der Waals surface area contributed by atoms with Crippen LogP contribution >= 0.6 is 34.5 Å². The van der Waals surface area contributed by atoms with Crippen molar-refractivity contribution in [1.29, 1.82) is 0 Å². The summed E-state index contributed by atoms with van der Waals surface area (Å²) in [7, 11) is 0. The smallest absolute Gasteiger partial charge is 0.0960 e. The second-order valence-electron chi connectivity index (χ2n) is 4.15. The minimum Gasteiger partial charge on any atom is -0.378 e. The van der Waals surface area contributed by atoms with E-state index in [0.717, 1.165) is 22.9 Å². The summed E-state index contributed by atoms with van der Waals surface area (Å²) in [5.41, 5.74) is 1.12. The molecule has 0 amide bonds. The Hall–Kier alpha value is 0.240. The Morgan fingerprint density at radius 2 is 2.33 bits per heavy atom. The van der Waals surface area contributed by atoms with Crippen LogP contribution < -0.4 is 0 Å². The third-order valence-electron chi connectivity index (χ3n) is 2.79. The molecule has 15 heavy (non-hydrogen) atoms. The standard InChI is InChI=1S/C11H14Cl2OS/c1-6-3-9(15-11(6)13)10(12)8-4-7(2)14-5-8/h3,7-8,10H,4-5H2,1-2H3. The summed E-state index contributed by atoms with van der Waals surface area (Å²) in [6.45, 7) is 4.87. The molecular formula is C11H14Cl2OS. The molecule has 1 aliphatic heterocycles. The van der Waals surface area contributed by atoms with Gasteiger partial charge in [-0.15, -0.1) is 22.9 Å². The lowest BCUT2D eigenvalue weighted by atomic mass is 10.0. The molecule has 0 saturated carbocycles. The average Bonchev–Trinajstić information content (AvgIpc) is 2.74. The Morgan fingerprint density at radius 1 is 1.60 bits per heavy atom. The van der Waals surface area contributed by atoms with Crippen molar-refractivity contribution in [1.82, 2.24) is 0 Å². The van der Waals surface area contributed by atoms with E-state index in [1.165, 1.54) is 4.88 Å². The van der Waals surface area contributed by atoms with E-state index in [-0.39, 0.29) is 5.38 Å². The number of rotatable bonds is 2. The van der Waals surface area contributed by atoms with Gasteiger partial charge in [0.2, 0.25) is 0 Å². The van der Waals surface area contributed by atoms with Crippen LogP contribution in [0.2, 0.25) is 4.34 Å². The highest BCUT2D eigenvalue weighted by Gasteiger charge is 2.30. The normalized spacial score (nSPS) is 28.3. The first-order valence-corrected chi connectivity index (χ1v) is 6.72. The molecule has 84 valence electrons. The van der Waals surface area contributed by atoms with Gasteiger partial charge in [0.05, 0.1) is 22.4 Å². The molecular weight excluding hydrogens is 251 g/mol. The van der Waals surface area contributed by atoms with Crippen molar-refractivity contribution in [2.24, 2.45) is 5.92 Å². The van der Waals surface area contributed by atoms with Crippen LogP contribution in [0, 0.1) is 12.8 Å². The first kappa shape index (κ1) is 11.7. The van der Waals surface area contributed by atoms with Gasteiger partial charge in [-0.2, -0.15) is 0 Å². The molecule has 1 nitrogen and oxygen atoms in total. The van der Waals surface area contributed by atoms with Crippen molar-refractivity contribution in [2.45, 2.75) is 31.7 Å².